The highest BCUT2D eigenvalue weighted by Gasteiger charge is 2.33. The van der Waals surface area contributed by atoms with E-state index >= 15 is 0 Å². The van der Waals surface area contributed by atoms with E-state index in [4.69, 9.17) is 9.47 Å². The van der Waals surface area contributed by atoms with Gasteiger partial charge in [0.15, 0.2) is 4.80 Å². The van der Waals surface area contributed by atoms with Gasteiger partial charge in [-0.25, -0.2) is 9.79 Å². The zero-order valence-electron chi connectivity index (χ0n) is 19.4. The Bertz CT molecular complexity index is 1410. The predicted molar refractivity (Wildman–Crippen MR) is 131 cm³/mol. The summed E-state index contributed by atoms with van der Waals surface area (Å²) in [5.74, 6) is 0.360. The predicted octanol–water partition coefficient (Wildman–Crippen LogP) is 3.29. The van der Waals surface area contributed by atoms with Crippen LogP contribution in [0.15, 0.2) is 69.6 Å². The Kier molecular flexibility index (Phi) is 6.70. The number of nitrogens with zero attached hydrogens (tertiary/aromatic N) is 2. The van der Waals surface area contributed by atoms with Crippen LogP contribution in [0.4, 0.5) is 0 Å². The topological polar surface area (TPSA) is 90.1 Å². The fourth-order valence-electron chi connectivity index (χ4n) is 3.83. The molecule has 0 unspecified atom stereocenters. The number of aromatic hydroxyl groups is 1. The minimum absolute atomic E-state index is 0.0284. The van der Waals surface area contributed by atoms with E-state index < -0.39 is 12.0 Å². The first-order valence-corrected chi connectivity index (χ1v) is 11.9. The molecule has 0 spiro atoms. The average molecular weight is 479 g/mol. The van der Waals surface area contributed by atoms with Gasteiger partial charge < -0.3 is 14.6 Å². The zero-order chi connectivity index (χ0) is 24.4. The summed E-state index contributed by atoms with van der Waals surface area (Å²) in [6, 6.07) is 13.3. The van der Waals surface area contributed by atoms with E-state index in [9.17, 15) is 14.7 Å². The Hall–Kier alpha value is -3.65. The quantitative estimate of drug-likeness (QED) is 0.549. The molecular formula is C26H26N2O5S. The number of phenolic OH excluding ortho intramolecular Hbond substituents is 1. The molecule has 2 heterocycles. The summed E-state index contributed by atoms with van der Waals surface area (Å²) >= 11 is 1.26. The van der Waals surface area contributed by atoms with E-state index in [0.717, 1.165) is 11.1 Å². The van der Waals surface area contributed by atoms with Crippen molar-refractivity contribution in [1.82, 2.24) is 4.57 Å². The van der Waals surface area contributed by atoms with Crippen molar-refractivity contribution in [2.45, 2.75) is 39.8 Å². The third-order valence-corrected chi connectivity index (χ3v) is 6.26. The van der Waals surface area contributed by atoms with Crippen molar-refractivity contribution >= 4 is 23.4 Å². The van der Waals surface area contributed by atoms with Gasteiger partial charge >= 0.3 is 5.97 Å². The van der Waals surface area contributed by atoms with Gasteiger partial charge in [-0.15, -0.1) is 0 Å². The van der Waals surface area contributed by atoms with Crippen LogP contribution in [0, 0.1) is 0 Å². The molecule has 34 heavy (non-hydrogen) atoms. The van der Waals surface area contributed by atoms with Crippen molar-refractivity contribution in [1.29, 1.82) is 0 Å². The molecule has 0 saturated carbocycles. The number of ether oxygens (including phenoxy) is 2. The lowest BCUT2D eigenvalue weighted by molar-refractivity contribution is -0.139. The number of rotatable bonds is 6. The molecule has 1 aliphatic rings. The normalized spacial score (nSPS) is 15.8. The molecule has 0 fully saturated rings. The lowest BCUT2D eigenvalue weighted by Crippen LogP contribution is -2.39. The third kappa shape index (κ3) is 4.68. The maximum Gasteiger partial charge on any atom is 0.338 e. The van der Waals surface area contributed by atoms with Crippen molar-refractivity contribution in [3.8, 4) is 11.5 Å². The number of hydrogen-bond donors (Lipinski definition) is 1. The number of fused-ring (bicyclic) bond motifs is 1. The summed E-state index contributed by atoms with van der Waals surface area (Å²) < 4.78 is 13.1. The van der Waals surface area contributed by atoms with Crippen LogP contribution in [0.2, 0.25) is 0 Å². The molecule has 0 amide bonds. The number of allylic oxidation sites excluding steroid dienone is 1. The van der Waals surface area contributed by atoms with Crippen molar-refractivity contribution in [2.75, 3.05) is 6.61 Å². The molecule has 8 heteroatoms. The van der Waals surface area contributed by atoms with Gasteiger partial charge in [-0.05, 0) is 69.2 Å². The summed E-state index contributed by atoms with van der Waals surface area (Å²) in [6.07, 6.45) is 1.78. The SMILES string of the molecule is CCOC(=O)C1=C(C)N=c2s/c(=C\c3ccc(O)cc3)c(=O)n2[C@H]1c1ccc(OC(C)C)cc1. The van der Waals surface area contributed by atoms with E-state index in [-0.39, 0.29) is 24.0 Å². The zero-order valence-corrected chi connectivity index (χ0v) is 20.3. The fraction of sp³-hybridized carbons (Fsp3) is 0.269. The maximum absolute atomic E-state index is 13.5. The molecule has 2 aromatic carbocycles. The minimum Gasteiger partial charge on any atom is -0.508 e. The van der Waals surface area contributed by atoms with Crippen LogP contribution >= 0.6 is 11.3 Å². The van der Waals surface area contributed by atoms with Gasteiger partial charge in [0.25, 0.3) is 5.56 Å². The number of carbonyl (C=O) groups excluding carboxylic acids is 1. The molecule has 0 aliphatic carbocycles. The second-order valence-electron chi connectivity index (χ2n) is 8.13. The molecule has 0 saturated heterocycles. The van der Waals surface area contributed by atoms with Gasteiger partial charge in [0.2, 0.25) is 0 Å². The number of hydrogen-bond acceptors (Lipinski definition) is 7. The first-order chi connectivity index (χ1) is 16.3. The summed E-state index contributed by atoms with van der Waals surface area (Å²) in [6.45, 7) is 7.62. The Balaban J connectivity index is 1.89. The van der Waals surface area contributed by atoms with Crippen LogP contribution in [-0.4, -0.2) is 28.4 Å². The number of carbonyl (C=O) groups is 1. The van der Waals surface area contributed by atoms with E-state index in [1.807, 2.05) is 38.1 Å². The molecule has 176 valence electrons. The Morgan fingerprint density at radius 1 is 1.18 bits per heavy atom. The standard InChI is InChI=1S/C26H26N2O5S/c1-5-32-25(31)22-16(4)27-26-28(23(22)18-8-12-20(13-9-18)33-15(2)3)24(30)21(34-26)14-17-6-10-19(29)11-7-17/h6-15,23,29H,5H2,1-4H3/b21-14-/t23-/m0/s1. The molecule has 1 aliphatic heterocycles. The lowest BCUT2D eigenvalue weighted by Gasteiger charge is -2.25. The molecule has 3 aromatic rings. The highest BCUT2D eigenvalue weighted by Crippen LogP contribution is 2.31. The number of thiazole rings is 1. The third-order valence-electron chi connectivity index (χ3n) is 5.28. The highest BCUT2D eigenvalue weighted by molar-refractivity contribution is 7.07. The van der Waals surface area contributed by atoms with Crippen molar-refractivity contribution in [3.05, 3.63) is 90.6 Å². The summed E-state index contributed by atoms with van der Waals surface area (Å²) in [5.41, 5.74) is 2.13. The largest absolute Gasteiger partial charge is 0.508 e. The minimum atomic E-state index is -0.676. The number of benzene rings is 2. The molecule has 1 N–H and O–H groups in total. The Morgan fingerprint density at radius 3 is 2.47 bits per heavy atom. The van der Waals surface area contributed by atoms with Crippen LogP contribution in [0.5, 0.6) is 11.5 Å². The smallest absolute Gasteiger partial charge is 0.338 e. The Labute approximate surface area is 200 Å². The molecule has 4 rings (SSSR count). The fourth-order valence-corrected chi connectivity index (χ4v) is 4.88. The molecule has 1 atom stereocenters. The number of aromatic nitrogens is 1. The molecule has 0 bridgehead atoms. The molecular weight excluding hydrogens is 452 g/mol. The highest BCUT2D eigenvalue weighted by atomic mass is 32.1. The van der Waals surface area contributed by atoms with E-state index in [1.54, 1.807) is 48.8 Å². The summed E-state index contributed by atoms with van der Waals surface area (Å²) in [7, 11) is 0. The van der Waals surface area contributed by atoms with E-state index in [2.05, 4.69) is 4.99 Å². The first-order valence-electron chi connectivity index (χ1n) is 11.0. The van der Waals surface area contributed by atoms with Crippen LogP contribution in [0.1, 0.15) is 44.9 Å². The number of phenols is 1. The van der Waals surface area contributed by atoms with Crippen molar-refractivity contribution in [3.63, 3.8) is 0 Å². The van der Waals surface area contributed by atoms with Crippen molar-refractivity contribution < 1.29 is 19.4 Å². The van der Waals surface area contributed by atoms with Gasteiger partial charge in [0.1, 0.15) is 11.5 Å². The second-order valence-corrected chi connectivity index (χ2v) is 9.14. The van der Waals surface area contributed by atoms with Crippen LogP contribution < -0.4 is 19.6 Å². The molecule has 7 nitrogen and oxygen atoms in total. The lowest BCUT2D eigenvalue weighted by atomic mass is 9.96. The molecule has 0 radical (unpaired) electrons. The van der Waals surface area contributed by atoms with Gasteiger partial charge in [-0.2, -0.15) is 0 Å². The monoisotopic (exact) mass is 478 g/mol. The number of esters is 1. The van der Waals surface area contributed by atoms with E-state index in [0.29, 0.717) is 26.4 Å². The summed E-state index contributed by atoms with van der Waals surface area (Å²) in [5, 5.41) is 9.54. The average Bonchev–Trinajstić information content (AvgIpc) is 3.09. The van der Waals surface area contributed by atoms with Crippen LogP contribution in [-0.2, 0) is 9.53 Å². The summed E-state index contributed by atoms with van der Waals surface area (Å²) in [4.78, 5) is 31.6. The van der Waals surface area contributed by atoms with Gasteiger partial charge in [-0.1, -0.05) is 35.6 Å². The first kappa shape index (κ1) is 23.5. The Morgan fingerprint density at radius 2 is 1.85 bits per heavy atom. The van der Waals surface area contributed by atoms with Crippen LogP contribution in [0.25, 0.3) is 6.08 Å². The second kappa shape index (κ2) is 9.69. The van der Waals surface area contributed by atoms with Gasteiger partial charge in [-0.3, -0.25) is 9.36 Å². The van der Waals surface area contributed by atoms with Gasteiger partial charge in [0.05, 0.1) is 34.6 Å². The maximum atomic E-state index is 13.5. The van der Waals surface area contributed by atoms with Crippen molar-refractivity contribution in [2.24, 2.45) is 4.99 Å². The van der Waals surface area contributed by atoms with Crippen LogP contribution in [0.3, 0.4) is 0 Å². The molecule has 1 aromatic heterocycles. The van der Waals surface area contributed by atoms with Gasteiger partial charge in [0, 0.05) is 0 Å². The van der Waals surface area contributed by atoms with E-state index in [1.165, 1.54) is 11.3 Å².